The molecule has 0 radical (unpaired) electrons. The lowest BCUT2D eigenvalue weighted by Crippen LogP contribution is -2.40. The van der Waals surface area contributed by atoms with Crippen LogP contribution < -0.4 is 0 Å². The van der Waals surface area contributed by atoms with Gasteiger partial charge in [0.15, 0.2) is 5.69 Å². The number of hydrogen-bond acceptors (Lipinski definition) is 3. The van der Waals surface area contributed by atoms with Crippen molar-refractivity contribution in [1.29, 1.82) is 0 Å². The highest BCUT2D eigenvalue weighted by atomic mass is 16.4. The van der Waals surface area contributed by atoms with Gasteiger partial charge in [-0.15, -0.1) is 0 Å². The molecule has 2 aliphatic heterocycles. The Morgan fingerprint density at radius 3 is 2.52 bits per heavy atom. The van der Waals surface area contributed by atoms with Crippen LogP contribution >= 0.6 is 0 Å². The lowest BCUT2D eigenvalue weighted by Gasteiger charge is -2.36. The van der Waals surface area contributed by atoms with Crippen molar-refractivity contribution in [2.24, 2.45) is 0 Å². The Balaban J connectivity index is 1.79. The van der Waals surface area contributed by atoms with Gasteiger partial charge in [0, 0.05) is 17.5 Å². The number of rotatable bonds is 2. The van der Waals surface area contributed by atoms with Gasteiger partial charge in [-0.3, -0.25) is 4.68 Å². The molecule has 5 nitrogen and oxygen atoms in total. The van der Waals surface area contributed by atoms with Crippen molar-refractivity contribution < 1.29 is 9.90 Å². The summed E-state index contributed by atoms with van der Waals surface area (Å²) in [7, 11) is 2.21. The highest BCUT2D eigenvalue weighted by molar-refractivity contribution is 6.01. The minimum Gasteiger partial charge on any atom is -0.476 e. The van der Waals surface area contributed by atoms with Gasteiger partial charge in [-0.1, -0.05) is 18.2 Å². The van der Waals surface area contributed by atoms with Crippen LogP contribution in [0.25, 0.3) is 10.9 Å². The highest BCUT2D eigenvalue weighted by Gasteiger charge is 2.40. The number of hydrogen-bond donors (Lipinski definition) is 1. The maximum atomic E-state index is 11.4. The summed E-state index contributed by atoms with van der Waals surface area (Å²) in [4.78, 5) is 13.9. The van der Waals surface area contributed by atoms with E-state index in [1.807, 2.05) is 28.9 Å². The van der Waals surface area contributed by atoms with Crippen LogP contribution in [0, 0.1) is 0 Å². The summed E-state index contributed by atoms with van der Waals surface area (Å²) in [6.45, 7) is 0. The molecule has 2 bridgehead atoms. The molecule has 3 heterocycles. The first kappa shape index (κ1) is 12.8. The molecule has 2 saturated heterocycles. The first-order valence-corrected chi connectivity index (χ1v) is 7.57. The second kappa shape index (κ2) is 4.56. The first-order valence-electron chi connectivity index (χ1n) is 7.57. The summed E-state index contributed by atoms with van der Waals surface area (Å²) in [6.07, 6.45) is 4.64. The molecule has 2 atom stereocenters. The molecule has 0 saturated carbocycles. The van der Waals surface area contributed by atoms with Crippen LogP contribution in [-0.4, -0.2) is 44.9 Å². The van der Waals surface area contributed by atoms with E-state index in [0.29, 0.717) is 18.1 Å². The Kier molecular flexibility index (Phi) is 2.79. The van der Waals surface area contributed by atoms with Gasteiger partial charge < -0.3 is 10.0 Å². The maximum Gasteiger partial charge on any atom is 0.357 e. The lowest BCUT2D eigenvalue weighted by atomic mass is 9.98. The number of aromatic carboxylic acids is 1. The Hall–Kier alpha value is -1.88. The minimum atomic E-state index is -0.944. The lowest BCUT2D eigenvalue weighted by molar-refractivity contribution is 0.0689. The third kappa shape index (κ3) is 1.87. The van der Waals surface area contributed by atoms with Crippen molar-refractivity contribution in [3.8, 4) is 0 Å². The summed E-state index contributed by atoms with van der Waals surface area (Å²) in [6, 6.07) is 9.21. The molecule has 0 unspecified atom stereocenters. The molecule has 0 aliphatic carbocycles. The van der Waals surface area contributed by atoms with Crippen LogP contribution in [0.15, 0.2) is 24.3 Å². The van der Waals surface area contributed by atoms with Crippen molar-refractivity contribution in [2.75, 3.05) is 7.05 Å². The molecular weight excluding hydrogens is 266 g/mol. The fourth-order valence-electron chi connectivity index (χ4n) is 4.11. The molecule has 21 heavy (non-hydrogen) atoms. The summed E-state index contributed by atoms with van der Waals surface area (Å²) in [5, 5.41) is 14.5. The molecule has 2 aliphatic rings. The van der Waals surface area contributed by atoms with Gasteiger partial charge in [-0.25, -0.2) is 4.79 Å². The molecule has 1 aromatic heterocycles. The Labute approximate surface area is 123 Å². The predicted molar refractivity (Wildman–Crippen MR) is 79.5 cm³/mol. The Bertz CT molecular complexity index is 695. The monoisotopic (exact) mass is 285 g/mol. The largest absolute Gasteiger partial charge is 0.476 e. The van der Waals surface area contributed by atoms with E-state index >= 15 is 0 Å². The zero-order valence-corrected chi connectivity index (χ0v) is 12.1. The highest BCUT2D eigenvalue weighted by Crippen LogP contribution is 2.40. The van der Waals surface area contributed by atoms with Gasteiger partial charge in [-0.2, -0.15) is 5.10 Å². The normalized spacial score (nSPS) is 29.1. The molecule has 1 N–H and O–H groups in total. The Morgan fingerprint density at radius 1 is 1.19 bits per heavy atom. The maximum absolute atomic E-state index is 11.4. The van der Waals surface area contributed by atoms with Crippen LogP contribution in [0.3, 0.4) is 0 Å². The van der Waals surface area contributed by atoms with Gasteiger partial charge in [0.25, 0.3) is 0 Å². The number of carbonyl (C=O) groups is 1. The van der Waals surface area contributed by atoms with E-state index in [-0.39, 0.29) is 5.69 Å². The molecule has 4 rings (SSSR count). The van der Waals surface area contributed by atoms with E-state index in [1.165, 1.54) is 12.8 Å². The van der Waals surface area contributed by atoms with Gasteiger partial charge in [0.2, 0.25) is 0 Å². The van der Waals surface area contributed by atoms with E-state index in [1.54, 1.807) is 0 Å². The molecule has 2 aromatic rings. The van der Waals surface area contributed by atoms with E-state index in [9.17, 15) is 9.90 Å². The van der Waals surface area contributed by atoms with Crippen molar-refractivity contribution in [1.82, 2.24) is 14.7 Å². The predicted octanol–water partition coefficient (Wildman–Crippen LogP) is 2.53. The third-order valence-corrected chi connectivity index (χ3v) is 5.24. The molecule has 2 fully saturated rings. The molecular formula is C16H19N3O2. The zero-order chi connectivity index (χ0) is 14.6. The number of carboxylic acids is 1. The van der Waals surface area contributed by atoms with E-state index in [2.05, 4.69) is 17.0 Å². The number of aromatic nitrogens is 2. The van der Waals surface area contributed by atoms with E-state index < -0.39 is 5.97 Å². The van der Waals surface area contributed by atoms with Crippen molar-refractivity contribution in [3.63, 3.8) is 0 Å². The number of carboxylic acid groups (broad SMARTS) is 1. The zero-order valence-electron chi connectivity index (χ0n) is 12.1. The summed E-state index contributed by atoms with van der Waals surface area (Å²) in [5.41, 5.74) is 1.13. The molecule has 1 aromatic carbocycles. The molecule has 0 amide bonds. The van der Waals surface area contributed by atoms with Crippen molar-refractivity contribution >= 4 is 16.9 Å². The van der Waals surface area contributed by atoms with Crippen LogP contribution in [-0.2, 0) is 0 Å². The van der Waals surface area contributed by atoms with Crippen molar-refractivity contribution in [2.45, 2.75) is 43.8 Å². The first-order chi connectivity index (χ1) is 10.1. The molecule has 110 valence electrons. The Morgan fingerprint density at radius 2 is 1.86 bits per heavy atom. The van der Waals surface area contributed by atoms with Crippen LogP contribution in [0.2, 0.25) is 0 Å². The minimum absolute atomic E-state index is 0.178. The smallest absolute Gasteiger partial charge is 0.357 e. The number of piperidine rings is 1. The molecule has 0 spiro atoms. The van der Waals surface area contributed by atoms with Gasteiger partial charge in [0.05, 0.1) is 11.6 Å². The summed E-state index contributed by atoms with van der Waals surface area (Å²) >= 11 is 0. The van der Waals surface area contributed by atoms with E-state index in [4.69, 9.17) is 0 Å². The number of fused-ring (bicyclic) bond motifs is 3. The fourth-order valence-corrected chi connectivity index (χ4v) is 4.11. The standard InChI is InChI=1S/C16H19N3O2/c1-18-10-6-7-11(18)9-12(8-10)19-14-5-3-2-4-13(14)15(17-19)16(20)21/h2-5,10-12H,6-9H2,1H3,(H,20,21)/t10-,11-/m0/s1. The van der Waals surface area contributed by atoms with Crippen LogP contribution in [0.1, 0.15) is 42.2 Å². The second-order valence-corrected chi connectivity index (χ2v) is 6.29. The van der Waals surface area contributed by atoms with Gasteiger partial charge >= 0.3 is 5.97 Å². The summed E-state index contributed by atoms with van der Waals surface area (Å²) < 4.78 is 1.97. The number of para-hydroxylation sites is 1. The molecule has 5 heteroatoms. The van der Waals surface area contributed by atoms with Gasteiger partial charge in [-0.05, 0) is 38.8 Å². The third-order valence-electron chi connectivity index (χ3n) is 5.24. The van der Waals surface area contributed by atoms with Gasteiger partial charge in [0.1, 0.15) is 0 Å². The number of nitrogens with zero attached hydrogens (tertiary/aromatic N) is 3. The van der Waals surface area contributed by atoms with Crippen LogP contribution in [0.5, 0.6) is 0 Å². The quantitative estimate of drug-likeness (QED) is 0.921. The van der Waals surface area contributed by atoms with E-state index in [0.717, 1.165) is 23.7 Å². The second-order valence-electron chi connectivity index (χ2n) is 6.29. The average molecular weight is 285 g/mol. The van der Waals surface area contributed by atoms with Crippen molar-refractivity contribution in [3.05, 3.63) is 30.0 Å². The fraction of sp³-hybridized carbons (Fsp3) is 0.500. The van der Waals surface area contributed by atoms with Crippen LogP contribution in [0.4, 0.5) is 0 Å². The topological polar surface area (TPSA) is 58.4 Å². The summed E-state index contributed by atoms with van der Waals surface area (Å²) in [5.74, 6) is -0.944. The average Bonchev–Trinajstić information content (AvgIpc) is 2.93. The number of benzene rings is 1. The SMILES string of the molecule is CN1[C@H]2CC[C@H]1CC(n1nc(C(=O)O)c3ccccc31)C2.